The van der Waals surface area contributed by atoms with Crippen LogP contribution < -0.4 is 15.4 Å². The Hall–Kier alpha value is -1.55. The van der Waals surface area contributed by atoms with Gasteiger partial charge in [-0.3, -0.25) is 4.79 Å². The first-order chi connectivity index (χ1) is 11.0. The first-order valence-electron chi connectivity index (χ1n) is 8.81. The van der Waals surface area contributed by atoms with Crippen LogP contribution in [0.4, 0.5) is 5.69 Å². The fraction of sp³-hybridized carbons (Fsp3) is 0.632. The second-order valence-electron chi connectivity index (χ2n) is 6.71. The van der Waals surface area contributed by atoms with Gasteiger partial charge in [0.2, 0.25) is 5.91 Å². The Labute approximate surface area is 140 Å². The highest BCUT2D eigenvalue weighted by Crippen LogP contribution is 2.29. The summed E-state index contributed by atoms with van der Waals surface area (Å²) in [5.41, 5.74) is 0.803. The average molecular weight is 318 g/mol. The molecule has 1 amide bonds. The zero-order valence-electron chi connectivity index (χ0n) is 14.8. The van der Waals surface area contributed by atoms with Gasteiger partial charge in [-0.1, -0.05) is 26.7 Å². The Kier molecular flexibility index (Phi) is 6.46. The van der Waals surface area contributed by atoms with Gasteiger partial charge in [0.15, 0.2) is 0 Å². The smallest absolute Gasteiger partial charge is 0.241 e. The molecule has 4 heteroatoms. The molecule has 1 aromatic rings. The molecule has 0 aliphatic heterocycles. The quantitative estimate of drug-likeness (QED) is 0.838. The lowest BCUT2D eigenvalue weighted by atomic mass is 9.78. The van der Waals surface area contributed by atoms with Crippen LogP contribution in [-0.4, -0.2) is 24.6 Å². The fourth-order valence-electron chi connectivity index (χ4n) is 3.27. The van der Waals surface area contributed by atoms with Crippen molar-refractivity contribution in [2.75, 3.05) is 11.9 Å². The highest BCUT2D eigenvalue weighted by Gasteiger charge is 2.29. The average Bonchev–Trinajstić information content (AvgIpc) is 2.54. The van der Waals surface area contributed by atoms with Gasteiger partial charge in [0, 0.05) is 11.7 Å². The van der Waals surface area contributed by atoms with Gasteiger partial charge in [0.05, 0.1) is 12.6 Å². The van der Waals surface area contributed by atoms with E-state index in [0.717, 1.165) is 23.8 Å². The van der Waals surface area contributed by atoms with Crippen molar-refractivity contribution in [3.63, 3.8) is 0 Å². The number of carbonyl (C=O) groups excluding carboxylic acids is 1. The molecule has 0 heterocycles. The van der Waals surface area contributed by atoms with Gasteiger partial charge in [0.25, 0.3) is 0 Å². The summed E-state index contributed by atoms with van der Waals surface area (Å²) in [6.45, 7) is 9.14. The van der Waals surface area contributed by atoms with Crippen LogP contribution in [0.15, 0.2) is 24.3 Å². The van der Waals surface area contributed by atoms with Gasteiger partial charge in [-0.25, -0.2) is 0 Å². The van der Waals surface area contributed by atoms with Crippen LogP contribution in [0.3, 0.4) is 0 Å². The highest BCUT2D eigenvalue weighted by molar-refractivity contribution is 5.94. The maximum Gasteiger partial charge on any atom is 0.241 e. The number of carbonyl (C=O) groups is 1. The van der Waals surface area contributed by atoms with Gasteiger partial charge in [0.1, 0.15) is 5.75 Å². The Balaban J connectivity index is 1.87. The monoisotopic (exact) mass is 318 g/mol. The number of amides is 1. The normalized spacial score (nSPS) is 25.7. The topological polar surface area (TPSA) is 50.4 Å². The Morgan fingerprint density at radius 3 is 2.61 bits per heavy atom. The van der Waals surface area contributed by atoms with E-state index < -0.39 is 0 Å². The summed E-state index contributed by atoms with van der Waals surface area (Å²) in [7, 11) is 0. The number of hydrogen-bond acceptors (Lipinski definition) is 3. The molecule has 0 bridgehead atoms. The molecule has 1 aromatic carbocycles. The van der Waals surface area contributed by atoms with E-state index in [1.807, 2.05) is 38.1 Å². The van der Waals surface area contributed by atoms with Gasteiger partial charge in [-0.05, 0) is 56.4 Å². The van der Waals surface area contributed by atoms with Crippen molar-refractivity contribution in [1.82, 2.24) is 5.32 Å². The highest BCUT2D eigenvalue weighted by atomic mass is 16.5. The molecular formula is C19H30N2O2. The van der Waals surface area contributed by atoms with E-state index in [1.165, 1.54) is 12.8 Å². The van der Waals surface area contributed by atoms with Crippen LogP contribution in [0, 0.1) is 11.8 Å². The molecule has 0 saturated heterocycles. The van der Waals surface area contributed by atoms with Gasteiger partial charge in [-0.15, -0.1) is 0 Å². The third-order valence-corrected chi connectivity index (χ3v) is 5.00. The zero-order chi connectivity index (χ0) is 16.8. The van der Waals surface area contributed by atoms with Crippen LogP contribution in [0.25, 0.3) is 0 Å². The molecule has 0 radical (unpaired) electrons. The minimum absolute atomic E-state index is 0.0135. The van der Waals surface area contributed by atoms with Gasteiger partial charge >= 0.3 is 0 Å². The standard InChI is InChI=1S/C19H30N2O2/c1-5-23-17-11-9-16(10-12-17)21-19(22)15(4)20-18-8-6-7-13(2)14(18)3/h9-15,18,20H,5-8H2,1-4H3,(H,21,22). The Bertz CT molecular complexity index is 501. The van der Waals surface area contributed by atoms with E-state index in [9.17, 15) is 4.79 Å². The molecule has 128 valence electrons. The summed E-state index contributed by atoms with van der Waals surface area (Å²) < 4.78 is 5.41. The van der Waals surface area contributed by atoms with Crippen molar-refractivity contribution >= 4 is 11.6 Å². The molecule has 2 N–H and O–H groups in total. The second kappa shape index (κ2) is 8.34. The molecule has 0 aromatic heterocycles. The van der Waals surface area contributed by atoms with Crippen LogP contribution in [0.5, 0.6) is 5.75 Å². The lowest BCUT2D eigenvalue weighted by Crippen LogP contribution is -2.49. The molecule has 1 aliphatic rings. The van der Waals surface area contributed by atoms with E-state index in [4.69, 9.17) is 4.74 Å². The molecule has 4 atom stereocenters. The fourth-order valence-corrected chi connectivity index (χ4v) is 3.27. The van der Waals surface area contributed by atoms with Crippen molar-refractivity contribution in [2.24, 2.45) is 11.8 Å². The Morgan fingerprint density at radius 2 is 1.96 bits per heavy atom. The van der Waals surface area contributed by atoms with Crippen molar-refractivity contribution in [2.45, 2.75) is 59.0 Å². The summed E-state index contributed by atoms with van der Waals surface area (Å²) in [5, 5.41) is 6.48. The van der Waals surface area contributed by atoms with E-state index in [-0.39, 0.29) is 11.9 Å². The van der Waals surface area contributed by atoms with Crippen molar-refractivity contribution in [3.05, 3.63) is 24.3 Å². The lowest BCUT2D eigenvalue weighted by molar-refractivity contribution is -0.118. The summed E-state index contributed by atoms with van der Waals surface area (Å²) >= 11 is 0. The minimum Gasteiger partial charge on any atom is -0.494 e. The molecule has 0 spiro atoms. The van der Waals surface area contributed by atoms with Crippen molar-refractivity contribution < 1.29 is 9.53 Å². The molecule has 2 rings (SSSR count). The first kappa shape index (κ1) is 17.8. The summed E-state index contributed by atoms with van der Waals surface area (Å²) in [5.74, 6) is 2.17. The molecule has 4 nitrogen and oxygen atoms in total. The maximum atomic E-state index is 12.4. The summed E-state index contributed by atoms with van der Waals surface area (Å²) in [6, 6.07) is 7.74. The van der Waals surface area contributed by atoms with E-state index in [1.54, 1.807) is 0 Å². The largest absolute Gasteiger partial charge is 0.494 e. The lowest BCUT2D eigenvalue weighted by Gasteiger charge is -2.36. The molecular weight excluding hydrogens is 288 g/mol. The minimum atomic E-state index is -0.195. The van der Waals surface area contributed by atoms with Crippen molar-refractivity contribution in [3.8, 4) is 5.75 Å². The predicted octanol–water partition coefficient (Wildman–Crippen LogP) is 3.83. The van der Waals surface area contributed by atoms with Crippen LogP contribution in [0.2, 0.25) is 0 Å². The van der Waals surface area contributed by atoms with Crippen LogP contribution in [-0.2, 0) is 4.79 Å². The van der Waals surface area contributed by atoms with E-state index in [0.29, 0.717) is 18.6 Å². The molecule has 23 heavy (non-hydrogen) atoms. The summed E-state index contributed by atoms with van der Waals surface area (Å²) in [6.07, 6.45) is 3.70. The number of benzene rings is 1. The van der Waals surface area contributed by atoms with Crippen LogP contribution in [0.1, 0.15) is 47.0 Å². The maximum absolute atomic E-state index is 12.4. The zero-order valence-corrected chi connectivity index (χ0v) is 14.8. The molecule has 1 fully saturated rings. The number of hydrogen-bond donors (Lipinski definition) is 2. The van der Waals surface area contributed by atoms with E-state index >= 15 is 0 Å². The number of nitrogens with one attached hydrogen (secondary N) is 2. The van der Waals surface area contributed by atoms with Gasteiger partial charge < -0.3 is 15.4 Å². The predicted molar refractivity (Wildman–Crippen MR) is 94.8 cm³/mol. The second-order valence-corrected chi connectivity index (χ2v) is 6.71. The van der Waals surface area contributed by atoms with Gasteiger partial charge in [-0.2, -0.15) is 0 Å². The van der Waals surface area contributed by atoms with Crippen LogP contribution >= 0.6 is 0 Å². The van der Waals surface area contributed by atoms with Crippen molar-refractivity contribution in [1.29, 1.82) is 0 Å². The van der Waals surface area contributed by atoms with E-state index in [2.05, 4.69) is 24.5 Å². The third-order valence-electron chi connectivity index (χ3n) is 5.00. The molecule has 4 unspecified atom stereocenters. The number of anilines is 1. The molecule has 1 saturated carbocycles. The third kappa shape index (κ3) is 4.96. The Morgan fingerprint density at radius 1 is 1.26 bits per heavy atom. The molecule has 1 aliphatic carbocycles. The first-order valence-corrected chi connectivity index (χ1v) is 8.81. The SMILES string of the molecule is CCOc1ccc(NC(=O)C(C)NC2CCCC(C)C2C)cc1. The number of rotatable bonds is 6. The number of ether oxygens (including phenoxy) is 1. The summed E-state index contributed by atoms with van der Waals surface area (Å²) in [4.78, 5) is 12.4.